The molecule has 5 heteroatoms. The van der Waals surface area contributed by atoms with Gasteiger partial charge >= 0.3 is 0 Å². The molecular weight excluding hydrogens is 326 g/mol. The van der Waals surface area contributed by atoms with Crippen LogP contribution in [0.25, 0.3) is 5.69 Å². The van der Waals surface area contributed by atoms with Crippen molar-refractivity contribution < 1.29 is 9.53 Å². The van der Waals surface area contributed by atoms with Gasteiger partial charge in [-0.2, -0.15) is 0 Å². The number of hydrogen-bond acceptors (Lipinski definition) is 3. The van der Waals surface area contributed by atoms with Gasteiger partial charge in [0.15, 0.2) is 0 Å². The molecule has 0 radical (unpaired) electrons. The summed E-state index contributed by atoms with van der Waals surface area (Å²) >= 11 is 0. The Labute approximate surface area is 152 Å². The number of morpholine rings is 1. The first-order valence-corrected chi connectivity index (χ1v) is 8.77. The van der Waals surface area contributed by atoms with Crippen LogP contribution in [0.3, 0.4) is 0 Å². The first kappa shape index (κ1) is 16.4. The summed E-state index contributed by atoms with van der Waals surface area (Å²) in [4.78, 5) is 14.8. The van der Waals surface area contributed by atoms with Crippen LogP contribution in [0.2, 0.25) is 0 Å². The minimum atomic E-state index is -0.108. The van der Waals surface area contributed by atoms with Crippen molar-refractivity contribution in [2.24, 2.45) is 0 Å². The molecule has 3 aromatic rings. The Morgan fingerprint density at radius 3 is 2.35 bits per heavy atom. The van der Waals surface area contributed by atoms with E-state index in [2.05, 4.69) is 16.3 Å². The maximum absolute atomic E-state index is 12.5. The molecule has 1 aliphatic rings. The SMILES string of the molecule is O=C(Nc1cccc(N2CCOCC2)c1)c1ccc(-n2cccc2)cc1. The Bertz CT molecular complexity index is 867. The third kappa shape index (κ3) is 3.63. The molecule has 1 amide bonds. The van der Waals surface area contributed by atoms with Crippen molar-refractivity contribution in [2.75, 3.05) is 36.5 Å². The maximum Gasteiger partial charge on any atom is 0.255 e. The van der Waals surface area contributed by atoms with Crippen molar-refractivity contribution in [3.63, 3.8) is 0 Å². The first-order valence-electron chi connectivity index (χ1n) is 8.77. The van der Waals surface area contributed by atoms with E-state index in [0.29, 0.717) is 5.56 Å². The van der Waals surface area contributed by atoms with Gasteiger partial charge in [-0.1, -0.05) is 6.07 Å². The fourth-order valence-corrected chi connectivity index (χ4v) is 3.10. The molecule has 0 atom stereocenters. The van der Waals surface area contributed by atoms with Crippen molar-refractivity contribution in [1.29, 1.82) is 0 Å². The quantitative estimate of drug-likeness (QED) is 0.785. The number of benzene rings is 2. The number of nitrogens with zero attached hydrogens (tertiary/aromatic N) is 2. The second-order valence-corrected chi connectivity index (χ2v) is 6.24. The van der Waals surface area contributed by atoms with Gasteiger partial charge < -0.3 is 19.5 Å². The van der Waals surface area contributed by atoms with Crippen LogP contribution in [0.15, 0.2) is 73.1 Å². The Morgan fingerprint density at radius 1 is 0.885 bits per heavy atom. The third-order valence-electron chi connectivity index (χ3n) is 4.51. The van der Waals surface area contributed by atoms with Crippen molar-refractivity contribution >= 4 is 17.3 Å². The van der Waals surface area contributed by atoms with Gasteiger partial charge in [0.05, 0.1) is 13.2 Å². The molecular formula is C21H21N3O2. The number of anilines is 2. The molecule has 2 heterocycles. The number of aromatic nitrogens is 1. The second-order valence-electron chi connectivity index (χ2n) is 6.24. The lowest BCUT2D eigenvalue weighted by molar-refractivity contribution is 0.102. The highest BCUT2D eigenvalue weighted by molar-refractivity contribution is 6.04. The number of rotatable bonds is 4. The van der Waals surface area contributed by atoms with Crippen LogP contribution in [0.4, 0.5) is 11.4 Å². The topological polar surface area (TPSA) is 46.5 Å². The molecule has 0 aliphatic carbocycles. The van der Waals surface area contributed by atoms with Gasteiger partial charge in [-0.25, -0.2) is 0 Å². The van der Waals surface area contributed by atoms with Gasteiger partial charge in [0, 0.05) is 48.1 Å². The molecule has 0 spiro atoms. The second kappa shape index (κ2) is 7.45. The van der Waals surface area contributed by atoms with E-state index in [1.165, 1.54) is 0 Å². The highest BCUT2D eigenvalue weighted by Crippen LogP contribution is 2.21. The predicted molar refractivity (Wildman–Crippen MR) is 103 cm³/mol. The molecule has 0 saturated carbocycles. The van der Waals surface area contributed by atoms with Crippen LogP contribution < -0.4 is 10.2 Å². The average molecular weight is 347 g/mol. The van der Waals surface area contributed by atoms with Gasteiger partial charge in [-0.3, -0.25) is 4.79 Å². The third-order valence-corrected chi connectivity index (χ3v) is 4.51. The minimum Gasteiger partial charge on any atom is -0.378 e. The molecule has 1 aromatic heterocycles. The molecule has 132 valence electrons. The number of amides is 1. The van der Waals surface area contributed by atoms with E-state index in [-0.39, 0.29) is 5.91 Å². The summed E-state index contributed by atoms with van der Waals surface area (Å²) in [5.74, 6) is -0.108. The average Bonchev–Trinajstić information content (AvgIpc) is 3.24. The number of nitrogens with one attached hydrogen (secondary N) is 1. The van der Waals surface area contributed by atoms with E-state index < -0.39 is 0 Å². The van der Waals surface area contributed by atoms with E-state index in [0.717, 1.165) is 43.4 Å². The van der Waals surface area contributed by atoms with E-state index in [9.17, 15) is 4.79 Å². The van der Waals surface area contributed by atoms with Crippen molar-refractivity contribution in [2.45, 2.75) is 0 Å². The van der Waals surface area contributed by atoms with Crippen LogP contribution in [0.1, 0.15) is 10.4 Å². The molecule has 5 nitrogen and oxygen atoms in total. The Morgan fingerprint density at radius 2 is 1.62 bits per heavy atom. The van der Waals surface area contributed by atoms with E-state index in [1.807, 2.05) is 71.6 Å². The highest BCUT2D eigenvalue weighted by Gasteiger charge is 2.12. The van der Waals surface area contributed by atoms with Crippen LogP contribution in [-0.2, 0) is 4.74 Å². The molecule has 4 rings (SSSR count). The van der Waals surface area contributed by atoms with Gasteiger partial charge in [-0.15, -0.1) is 0 Å². The Balaban J connectivity index is 1.46. The summed E-state index contributed by atoms with van der Waals surface area (Å²) in [6.07, 6.45) is 3.96. The zero-order valence-corrected chi connectivity index (χ0v) is 14.5. The van der Waals surface area contributed by atoms with Crippen LogP contribution in [-0.4, -0.2) is 36.8 Å². The fraction of sp³-hybridized carbons (Fsp3) is 0.190. The Kier molecular flexibility index (Phi) is 4.71. The summed E-state index contributed by atoms with van der Waals surface area (Å²) in [5.41, 5.74) is 3.57. The van der Waals surface area contributed by atoms with E-state index >= 15 is 0 Å². The van der Waals surface area contributed by atoms with Gasteiger partial charge in [0.25, 0.3) is 5.91 Å². The first-order chi connectivity index (χ1) is 12.8. The molecule has 1 fully saturated rings. The fourth-order valence-electron chi connectivity index (χ4n) is 3.10. The zero-order chi connectivity index (χ0) is 17.8. The largest absolute Gasteiger partial charge is 0.378 e. The van der Waals surface area contributed by atoms with Crippen molar-refractivity contribution in [1.82, 2.24) is 4.57 Å². The highest BCUT2D eigenvalue weighted by atomic mass is 16.5. The Hall–Kier alpha value is -3.05. The number of carbonyl (C=O) groups excluding carboxylic acids is 1. The molecule has 26 heavy (non-hydrogen) atoms. The molecule has 0 unspecified atom stereocenters. The van der Waals surface area contributed by atoms with Gasteiger partial charge in [-0.05, 0) is 54.6 Å². The van der Waals surface area contributed by atoms with E-state index in [1.54, 1.807) is 0 Å². The van der Waals surface area contributed by atoms with Crippen LogP contribution in [0.5, 0.6) is 0 Å². The zero-order valence-electron chi connectivity index (χ0n) is 14.5. The lowest BCUT2D eigenvalue weighted by Crippen LogP contribution is -2.36. The van der Waals surface area contributed by atoms with Crippen molar-refractivity contribution in [3.05, 3.63) is 78.6 Å². The van der Waals surface area contributed by atoms with Gasteiger partial charge in [0.2, 0.25) is 0 Å². The van der Waals surface area contributed by atoms with E-state index in [4.69, 9.17) is 4.74 Å². The lowest BCUT2D eigenvalue weighted by Gasteiger charge is -2.29. The summed E-state index contributed by atoms with van der Waals surface area (Å²) in [6.45, 7) is 3.23. The molecule has 1 aliphatic heterocycles. The summed E-state index contributed by atoms with van der Waals surface area (Å²) in [7, 11) is 0. The molecule has 1 saturated heterocycles. The lowest BCUT2D eigenvalue weighted by atomic mass is 10.1. The number of ether oxygens (including phenoxy) is 1. The standard InChI is InChI=1S/C21H21N3O2/c25-21(17-6-8-19(9-7-17)23-10-1-2-11-23)22-18-4-3-5-20(16-18)24-12-14-26-15-13-24/h1-11,16H,12-15H2,(H,22,25). The monoisotopic (exact) mass is 347 g/mol. The predicted octanol–water partition coefficient (Wildman–Crippen LogP) is 3.57. The smallest absolute Gasteiger partial charge is 0.255 e. The van der Waals surface area contributed by atoms with Gasteiger partial charge in [0.1, 0.15) is 0 Å². The summed E-state index contributed by atoms with van der Waals surface area (Å²) in [6, 6.07) is 19.5. The number of hydrogen-bond donors (Lipinski definition) is 1. The molecule has 1 N–H and O–H groups in total. The molecule has 0 bridgehead atoms. The van der Waals surface area contributed by atoms with Crippen molar-refractivity contribution in [3.8, 4) is 5.69 Å². The van der Waals surface area contributed by atoms with Crippen LogP contribution >= 0.6 is 0 Å². The number of carbonyl (C=O) groups is 1. The maximum atomic E-state index is 12.5. The molecule has 2 aromatic carbocycles. The van der Waals surface area contributed by atoms with Crippen LogP contribution in [0, 0.1) is 0 Å². The summed E-state index contributed by atoms with van der Waals surface area (Å²) in [5, 5.41) is 2.99. The normalized spacial score (nSPS) is 14.2. The minimum absolute atomic E-state index is 0.108. The summed E-state index contributed by atoms with van der Waals surface area (Å²) < 4.78 is 7.40.